The van der Waals surface area contributed by atoms with Gasteiger partial charge in [-0.05, 0) is 31.2 Å². The molecule has 1 amide bonds. The fourth-order valence-electron chi connectivity index (χ4n) is 2.29. The maximum absolute atomic E-state index is 13.0. The van der Waals surface area contributed by atoms with Crippen molar-refractivity contribution >= 4 is 17.3 Å². The first kappa shape index (κ1) is 22.0. The maximum Gasteiger partial charge on any atom is 0.423 e. The highest BCUT2D eigenvalue weighted by Crippen LogP contribution is 2.37. The second-order valence-electron chi connectivity index (χ2n) is 6.15. The Balaban J connectivity index is 2.16. The second kappa shape index (κ2) is 8.35. The normalized spacial score (nSPS) is 13.3. The number of amides is 1. The number of ether oxygens (including phenoxy) is 2. The van der Waals surface area contributed by atoms with Gasteiger partial charge >= 0.3 is 6.18 Å². The molecule has 0 fully saturated rings. The lowest BCUT2D eigenvalue weighted by Crippen LogP contribution is -2.45. The third kappa shape index (κ3) is 5.35. The summed E-state index contributed by atoms with van der Waals surface area (Å²) in [6.07, 6.45) is -5.00. The zero-order chi connectivity index (χ0) is 21.8. The van der Waals surface area contributed by atoms with Crippen molar-refractivity contribution in [2.75, 3.05) is 19.0 Å². The Kier molecular flexibility index (Phi) is 6.32. The second-order valence-corrected chi connectivity index (χ2v) is 6.15. The fraction of sp³-hybridized carbons (Fsp3) is 0.278. The van der Waals surface area contributed by atoms with Crippen LogP contribution in [0.25, 0.3) is 0 Å². The van der Waals surface area contributed by atoms with E-state index in [2.05, 4.69) is 5.32 Å². The Morgan fingerprint density at radius 2 is 1.83 bits per heavy atom. The number of nitro benzene ring substituents is 1. The summed E-state index contributed by atoms with van der Waals surface area (Å²) in [7, 11) is 1.40. The van der Waals surface area contributed by atoms with Crippen LogP contribution in [0.1, 0.15) is 12.5 Å². The SMILES string of the molecule is COc1ccccc1OC[C@](C)(O)C(=O)Nc1ccc([N+](=O)[O-])c(C(F)(F)F)c1. The summed E-state index contributed by atoms with van der Waals surface area (Å²) >= 11 is 0. The molecule has 0 spiro atoms. The summed E-state index contributed by atoms with van der Waals surface area (Å²) in [4.78, 5) is 21.9. The number of nitro groups is 1. The standard InChI is InChI=1S/C18H17F3N2O6/c1-17(25,10-29-15-6-4-3-5-14(15)28-2)16(24)22-11-7-8-13(23(26)27)12(9-11)18(19,20)21/h3-9,25H,10H2,1-2H3,(H,22,24)/t17-/m0/s1. The predicted octanol–water partition coefficient (Wildman–Crippen LogP) is 3.39. The number of halogens is 3. The van der Waals surface area contributed by atoms with E-state index in [1.165, 1.54) is 7.11 Å². The highest BCUT2D eigenvalue weighted by molar-refractivity contribution is 5.97. The zero-order valence-corrected chi connectivity index (χ0v) is 15.3. The summed E-state index contributed by atoms with van der Waals surface area (Å²) in [5.41, 5.74) is -5.17. The van der Waals surface area contributed by atoms with E-state index < -0.39 is 40.5 Å². The monoisotopic (exact) mass is 414 g/mol. The topological polar surface area (TPSA) is 111 Å². The van der Waals surface area contributed by atoms with Crippen LogP contribution in [0.2, 0.25) is 0 Å². The lowest BCUT2D eigenvalue weighted by Gasteiger charge is -2.23. The average molecular weight is 414 g/mol. The van der Waals surface area contributed by atoms with Crippen molar-refractivity contribution in [1.82, 2.24) is 0 Å². The number of carbonyl (C=O) groups excluding carboxylic acids is 1. The molecule has 8 nitrogen and oxygen atoms in total. The molecule has 2 rings (SSSR count). The number of nitrogens with zero attached hydrogens (tertiary/aromatic N) is 1. The minimum absolute atomic E-state index is 0.248. The van der Waals surface area contributed by atoms with Gasteiger partial charge in [0.2, 0.25) is 0 Å². The van der Waals surface area contributed by atoms with Gasteiger partial charge in [-0.25, -0.2) is 0 Å². The first-order chi connectivity index (χ1) is 13.5. The van der Waals surface area contributed by atoms with Gasteiger partial charge in [-0.2, -0.15) is 13.2 Å². The van der Waals surface area contributed by atoms with Gasteiger partial charge in [-0.15, -0.1) is 0 Å². The number of para-hydroxylation sites is 2. The number of alkyl halides is 3. The Labute approximate surface area is 163 Å². The summed E-state index contributed by atoms with van der Waals surface area (Å²) in [5, 5.41) is 23.2. The molecule has 0 bridgehead atoms. The van der Waals surface area contributed by atoms with Gasteiger partial charge in [0.15, 0.2) is 17.1 Å². The van der Waals surface area contributed by atoms with Crippen LogP contribution in [0.5, 0.6) is 11.5 Å². The molecule has 0 unspecified atom stereocenters. The van der Waals surface area contributed by atoms with E-state index in [0.717, 1.165) is 13.0 Å². The molecule has 156 valence electrons. The first-order valence-corrected chi connectivity index (χ1v) is 8.11. The van der Waals surface area contributed by atoms with Crippen molar-refractivity contribution in [1.29, 1.82) is 0 Å². The molecule has 2 aromatic carbocycles. The largest absolute Gasteiger partial charge is 0.493 e. The van der Waals surface area contributed by atoms with Crippen LogP contribution in [-0.4, -0.2) is 35.3 Å². The van der Waals surface area contributed by atoms with Gasteiger partial charge in [0.05, 0.1) is 12.0 Å². The smallest absolute Gasteiger partial charge is 0.423 e. The van der Waals surface area contributed by atoms with E-state index in [0.29, 0.717) is 17.9 Å². The van der Waals surface area contributed by atoms with Gasteiger partial charge in [0.25, 0.3) is 11.6 Å². The van der Waals surface area contributed by atoms with Crippen molar-refractivity contribution in [3.63, 3.8) is 0 Å². The average Bonchev–Trinajstić information content (AvgIpc) is 2.65. The number of hydrogen-bond acceptors (Lipinski definition) is 6. The molecule has 0 aliphatic heterocycles. The molecule has 0 saturated heterocycles. The fourth-order valence-corrected chi connectivity index (χ4v) is 2.29. The number of carbonyl (C=O) groups is 1. The molecule has 11 heteroatoms. The quantitative estimate of drug-likeness (QED) is 0.531. The molecule has 0 saturated carbocycles. The molecule has 0 aliphatic carbocycles. The van der Waals surface area contributed by atoms with E-state index in [1.54, 1.807) is 24.3 Å². The molecule has 0 heterocycles. The van der Waals surface area contributed by atoms with Crippen molar-refractivity contribution in [2.45, 2.75) is 18.7 Å². The molecule has 2 aromatic rings. The molecule has 2 N–H and O–H groups in total. The highest BCUT2D eigenvalue weighted by atomic mass is 19.4. The van der Waals surface area contributed by atoms with Crippen molar-refractivity contribution in [2.24, 2.45) is 0 Å². The number of anilines is 1. The molecule has 1 atom stereocenters. The summed E-state index contributed by atoms with van der Waals surface area (Å²) < 4.78 is 49.6. The predicted molar refractivity (Wildman–Crippen MR) is 95.8 cm³/mol. The Hall–Kier alpha value is -3.34. The van der Waals surface area contributed by atoms with Crippen LogP contribution in [0.15, 0.2) is 42.5 Å². The Morgan fingerprint density at radius 1 is 1.21 bits per heavy atom. The Bertz CT molecular complexity index is 915. The molecule has 0 aliphatic rings. The number of nitrogens with one attached hydrogen (secondary N) is 1. The van der Waals surface area contributed by atoms with Crippen LogP contribution in [0.4, 0.5) is 24.5 Å². The summed E-state index contributed by atoms with van der Waals surface area (Å²) in [6.45, 7) is 0.576. The third-order valence-corrected chi connectivity index (χ3v) is 3.82. The summed E-state index contributed by atoms with van der Waals surface area (Å²) in [6, 6.07) is 8.44. The van der Waals surface area contributed by atoms with Crippen LogP contribution in [0.3, 0.4) is 0 Å². The molecular formula is C18H17F3N2O6. The van der Waals surface area contributed by atoms with Crippen molar-refractivity contribution in [3.05, 3.63) is 58.1 Å². The van der Waals surface area contributed by atoms with Gasteiger partial charge in [-0.1, -0.05) is 12.1 Å². The lowest BCUT2D eigenvalue weighted by atomic mass is 10.1. The summed E-state index contributed by atoms with van der Waals surface area (Å²) in [5.74, 6) is -0.457. The van der Waals surface area contributed by atoms with Gasteiger partial charge in [-0.3, -0.25) is 14.9 Å². The highest BCUT2D eigenvalue weighted by Gasteiger charge is 2.39. The lowest BCUT2D eigenvalue weighted by molar-refractivity contribution is -0.388. The number of aliphatic hydroxyl groups is 1. The molecular weight excluding hydrogens is 397 g/mol. The van der Waals surface area contributed by atoms with E-state index >= 15 is 0 Å². The Morgan fingerprint density at radius 3 is 2.38 bits per heavy atom. The number of benzene rings is 2. The van der Waals surface area contributed by atoms with Gasteiger partial charge in [0, 0.05) is 11.8 Å². The third-order valence-electron chi connectivity index (χ3n) is 3.82. The van der Waals surface area contributed by atoms with E-state index in [-0.39, 0.29) is 11.4 Å². The minimum Gasteiger partial charge on any atom is -0.493 e. The number of methoxy groups -OCH3 is 1. The van der Waals surface area contributed by atoms with E-state index in [4.69, 9.17) is 9.47 Å². The van der Waals surface area contributed by atoms with E-state index in [1.807, 2.05) is 0 Å². The van der Waals surface area contributed by atoms with Crippen LogP contribution in [0, 0.1) is 10.1 Å². The zero-order valence-electron chi connectivity index (χ0n) is 15.3. The van der Waals surface area contributed by atoms with Crippen LogP contribution in [-0.2, 0) is 11.0 Å². The first-order valence-electron chi connectivity index (χ1n) is 8.11. The minimum atomic E-state index is -5.00. The van der Waals surface area contributed by atoms with Crippen LogP contribution < -0.4 is 14.8 Å². The van der Waals surface area contributed by atoms with Gasteiger partial charge < -0.3 is 19.9 Å². The van der Waals surface area contributed by atoms with Crippen molar-refractivity contribution in [3.8, 4) is 11.5 Å². The molecule has 0 aromatic heterocycles. The van der Waals surface area contributed by atoms with Crippen molar-refractivity contribution < 1.29 is 37.5 Å². The maximum atomic E-state index is 13.0. The van der Waals surface area contributed by atoms with E-state index in [9.17, 15) is 33.2 Å². The molecule has 29 heavy (non-hydrogen) atoms. The molecule has 0 radical (unpaired) electrons. The van der Waals surface area contributed by atoms with Crippen LogP contribution >= 0.6 is 0 Å². The number of hydrogen-bond donors (Lipinski definition) is 2. The van der Waals surface area contributed by atoms with Gasteiger partial charge in [0.1, 0.15) is 12.2 Å². The number of rotatable bonds is 7.